The van der Waals surface area contributed by atoms with Crippen LogP contribution >= 0.6 is 0 Å². The molecule has 2 aliphatic rings. The van der Waals surface area contributed by atoms with Crippen molar-refractivity contribution < 1.29 is 17.9 Å². The summed E-state index contributed by atoms with van der Waals surface area (Å²) in [4.78, 5) is 13.2. The lowest BCUT2D eigenvalue weighted by Crippen LogP contribution is -2.52. The van der Waals surface area contributed by atoms with E-state index in [-0.39, 0.29) is 17.3 Å². The van der Waals surface area contributed by atoms with Crippen LogP contribution in [0.5, 0.6) is 0 Å². The van der Waals surface area contributed by atoms with Gasteiger partial charge in [-0.2, -0.15) is 4.31 Å². The van der Waals surface area contributed by atoms with Gasteiger partial charge in [-0.05, 0) is 54.0 Å². The van der Waals surface area contributed by atoms with Crippen molar-refractivity contribution in [2.45, 2.75) is 61.9 Å². The molecular weight excluding hydrogens is 424 g/mol. The maximum Gasteiger partial charge on any atom is 0.244 e. The molecule has 0 spiro atoms. The van der Waals surface area contributed by atoms with E-state index < -0.39 is 16.1 Å². The fraction of sp³-hybridized carbons (Fsp3) is 0.480. The monoisotopic (exact) mass is 456 g/mol. The van der Waals surface area contributed by atoms with Gasteiger partial charge in [-0.1, -0.05) is 55.7 Å². The summed E-state index contributed by atoms with van der Waals surface area (Å²) < 4.78 is 33.7. The molecule has 1 amide bonds. The molecule has 0 unspecified atom stereocenters. The first-order valence-corrected chi connectivity index (χ1v) is 12.9. The third kappa shape index (κ3) is 4.90. The molecule has 0 bridgehead atoms. The van der Waals surface area contributed by atoms with Gasteiger partial charge in [-0.15, -0.1) is 0 Å². The zero-order chi connectivity index (χ0) is 22.6. The van der Waals surface area contributed by atoms with Crippen molar-refractivity contribution in [1.29, 1.82) is 0 Å². The van der Waals surface area contributed by atoms with Crippen molar-refractivity contribution in [2.24, 2.45) is 0 Å². The second-order valence-electron chi connectivity index (χ2n) is 8.73. The number of hydrogen-bond acceptors (Lipinski definition) is 4. The Morgan fingerprint density at radius 3 is 2.41 bits per heavy atom. The van der Waals surface area contributed by atoms with E-state index in [1.165, 1.54) is 42.0 Å². The van der Waals surface area contributed by atoms with E-state index in [1.807, 2.05) is 36.4 Å². The summed E-state index contributed by atoms with van der Waals surface area (Å²) in [6, 6.07) is 14.3. The summed E-state index contributed by atoms with van der Waals surface area (Å²) in [6.45, 7) is 0.910. The maximum atomic E-state index is 13.7. The van der Waals surface area contributed by atoms with Gasteiger partial charge in [0.25, 0.3) is 0 Å². The number of sulfonamides is 1. The Kier molecular flexibility index (Phi) is 7.28. The molecule has 1 heterocycles. The summed E-state index contributed by atoms with van der Waals surface area (Å²) >= 11 is 0. The summed E-state index contributed by atoms with van der Waals surface area (Å²) in [7, 11) is -2.27. The van der Waals surface area contributed by atoms with Crippen molar-refractivity contribution in [3.63, 3.8) is 0 Å². The molecule has 1 saturated carbocycles. The number of benzene rings is 2. The predicted octanol–water partition coefficient (Wildman–Crippen LogP) is 3.61. The number of amides is 1. The van der Waals surface area contributed by atoms with Gasteiger partial charge in [0.2, 0.25) is 15.9 Å². The highest BCUT2D eigenvalue weighted by atomic mass is 32.2. The molecule has 1 aliphatic heterocycles. The molecule has 2 aromatic rings. The van der Waals surface area contributed by atoms with E-state index in [1.54, 1.807) is 19.2 Å². The van der Waals surface area contributed by atoms with Gasteiger partial charge in [0.05, 0.1) is 11.5 Å². The first-order valence-electron chi connectivity index (χ1n) is 11.5. The number of ether oxygens (including phenoxy) is 1. The lowest BCUT2D eigenvalue weighted by Gasteiger charge is -2.35. The standard InChI is InChI=1S/C25H32N2O4S/c1-31-16-15-26-25(28)24-17-21-9-5-6-10-22(21)18-27(24)32(29,30)23-13-11-20(12-14-23)19-7-3-2-4-8-19/h5-6,9-14,19,24H,2-4,7-8,15-18H2,1H3,(H,26,28)/t24-/m1/s1. The molecule has 7 heteroatoms. The number of carbonyl (C=O) groups is 1. The van der Waals surface area contributed by atoms with Crippen LogP contribution in [0, 0.1) is 0 Å². The van der Waals surface area contributed by atoms with E-state index >= 15 is 0 Å². The van der Waals surface area contributed by atoms with Crippen LogP contribution in [-0.4, -0.2) is 44.9 Å². The minimum atomic E-state index is -3.84. The van der Waals surface area contributed by atoms with Crippen molar-refractivity contribution in [3.8, 4) is 0 Å². The van der Waals surface area contributed by atoms with Crippen LogP contribution in [-0.2, 0) is 32.5 Å². The SMILES string of the molecule is COCCNC(=O)[C@H]1Cc2ccccc2CN1S(=O)(=O)c1ccc(C2CCCCC2)cc1. The summed E-state index contributed by atoms with van der Waals surface area (Å²) in [5, 5.41) is 2.82. The van der Waals surface area contributed by atoms with Gasteiger partial charge in [0, 0.05) is 20.2 Å². The fourth-order valence-corrected chi connectivity index (χ4v) is 6.42. The Morgan fingerprint density at radius 1 is 1.03 bits per heavy atom. The highest BCUT2D eigenvalue weighted by Crippen LogP contribution is 2.34. The van der Waals surface area contributed by atoms with Crippen LogP contribution in [0.15, 0.2) is 53.4 Å². The first-order chi connectivity index (χ1) is 15.5. The number of nitrogens with zero attached hydrogens (tertiary/aromatic N) is 1. The number of nitrogens with one attached hydrogen (secondary N) is 1. The van der Waals surface area contributed by atoms with Gasteiger partial charge < -0.3 is 10.1 Å². The Balaban J connectivity index is 1.60. The van der Waals surface area contributed by atoms with Crippen molar-refractivity contribution in [1.82, 2.24) is 9.62 Å². The van der Waals surface area contributed by atoms with Crippen LogP contribution in [0.25, 0.3) is 0 Å². The Morgan fingerprint density at radius 2 is 1.72 bits per heavy atom. The van der Waals surface area contributed by atoms with Crippen molar-refractivity contribution >= 4 is 15.9 Å². The third-order valence-electron chi connectivity index (χ3n) is 6.68. The second-order valence-corrected chi connectivity index (χ2v) is 10.6. The fourth-order valence-electron chi connectivity index (χ4n) is 4.85. The number of carbonyl (C=O) groups excluding carboxylic acids is 1. The molecule has 1 N–H and O–H groups in total. The molecule has 2 aromatic carbocycles. The van der Waals surface area contributed by atoms with Crippen LogP contribution in [0.1, 0.15) is 54.7 Å². The van der Waals surface area contributed by atoms with E-state index in [2.05, 4.69) is 5.32 Å². The highest BCUT2D eigenvalue weighted by Gasteiger charge is 2.39. The van der Waals surface area contributed by atoms with Crippen molar-refractivity contribution in [3.05, 3.63) is 65.2 Å². The minimum Gasteiger partial charge on any atom is -0.383 e. The normalized spacial score (nSPS) is 20.0. The molecule has 1 aliphatic carbocycles. The Labute approximate surface area is 191 Å². The highest BCUT2D eigenvalue weighted by molar-refractivity contribution is 7.89. The lowest BCUT2D eigenvalue weighted by atomic mass is 9.84. The van der Waals surface area contributed by atoms with Crippen LogP contribution in [0.3, 0.4) is 0 Å². The molecule has 32 heavy (non-hydrogen) atoms. The predicted molar refractivity (Wildman–Crippen MR) is 124 cm³/mol. The molecule has 172 valence electrons. The zero-order valence-electron chi connectivity index (χ0n) is 18.6. The topological polar surface area (TPSA) is 75.7 Å². The Bertz CT molecular complexity index is 1030. The van der Waals surface area contributed by atoms with Gasteiger partial charge in [0.1, 0.15) is 6.04 Å². The first kappa shape index (κ1) is 23.0. The van der Waals surface area contributed by atoms with Crippen LogP contribution in [0.2, 0.25) is 0 Å². The Hall–Kier alpha value is -2.22. The quantitative estimate of drug-likeness (QED) is 0.646. The van der Waals surface area contributed by atoms with Crippen molar-refractivity contribution in [2.75, 3.05) is 20.3 Å². The van der Waals surface area contributed by atoms with Crippen LogP contribution in [0.4, 0.5) is 0 Å². The van der Waals surface area contributed by atoms with Gasteiger partial charge in [0.15, 0.2) is 0 Å². The number of fused-ring (bicyclic) bond motifs is 1. The number of hydrogen-bond donors (Lipinski definition) is 1. The van der Waals surface area contributed by atoms with Gasteiger partial charge in [-0.3, -0.25) is 4.79 Å². The van der Waals surface area contributed by atoms with E-state index in [9.17, 15) is 13.2 Å². The molecule has 1 atom stereocenters. The van der Waals surface area contributed by atoms with Crippen LogP contribution < -0.4 is 5.32 Å². The van der Waals surface area contributed by atoms with E-state index in [4.69, 9.17) is 4.74 Å². The largest absolute Gasteiger partial charge is 0.383 e. The van der Waals surface area contributed by atoms with Gasteiger partial charge >= 0.3 is 0 Å². The zero-order valence-corrected chi connectivity index (χ0v) is 19.4. The molecule has 0 saturated heterocycles. The third-order valence-corrected chi connectivity index (χ3v) is 8.55. The summed E-state index contributed by atoms with van der Waals surface area (Å²) in [5.74, 6) is 0.223. The maximum absolute atomic E-state index is 13.7. The average Bonchev–Trinajstić information content (AvgIpc) is 2.84. The summed E-state index contributed by atoms with van der Waals surface area (Å²) in [5.41, 5.74) is 3.16. The molecule has 1 fully saturated rings. The minimum absolute atomic E-state index is 0.186. The van der Waals surface area contributed by atoms with Gasteiger partial charge in [-0.25, -0.2) is 8.42 Å². The molecular formula is C25H32N2O4S. The molecule has 6 nitrogen and oxygen atoms in total. The lowest BCUT2D eigenvalue weighted by molar-refractivity contribution is -0.125. The average molecular weight is 457 g/mol. The number of rotatable bonds is 7. The molecule has 0 radical (unpaired) electrons. The van der Waals surface area contributed by atoms with E-state index in [0.717, 1.165) is 11.1 Å². The molecule has 4 rings (SSSR count). The smallest absolute Gasteiger partial charge is 0.244 e. The van der Waals surface area contributed by atoms with E-state index in [0.29, 0.717) is 25.5 Å². The summed E-state index contributed by atoms with van der Waals surface area (Å²) in [6.07, 6.45) is 6.44. The number of methoxy groups -OCH3 is 1. The molecule has 0 aromatic heterocycles. The second kappa shape index (κ2) is 10.1.